The van der Waals surface area contributed by atoms with Gasteiger partial charge in [-0.15, -0.1) is 11.3 Å². The number of rotatable bonds is 2. The minimum atomic E-state index is 0.278. The van der Waals surface area contributed by atoms with E-state index in [0.29, 0.717) is 0 Å². The standard InChI is InChI=1S/C11H8BrClS/c12-11(10-2-1-7-14-10)8-3-5-9(13)6-4-8/h1-7,11H. The Kier molecular flexibility index (Phi) is 3.26. The van der Waals surface area contributed by atoms with Crippen LogP contribution in [0.3, 0.4) is 0 Å². The van der Waals surface area contributed by atoms with Gasteiger partial charge in [-0.3, -0.25) is 0 Å². The maximum Gasteiger partial charge on any atom is 0.0738 e. The van der Waals surface area contributed by atoms with Crippen molar-refractivity contribution in [2.45, 2.75) is 4.83 Å². The van der Waals surface area contributed by atoms with Gasteiger partial charge in [0.1, 0.15) is 0 Å². The van der Waals surface area contributed by atoms with Gasteiger partial charge in [0.05, 0.1) is 4.83 Å². The van der Waals surface area contributed by atoms with Crippen molar-refractivity contribution < 1.29 is 0 Å². The fraction of sp³-hybridized carbons (Fsp3) is 0.0909. The Labute approximate surface area is 101 Å². The summed E-state index contributed by atoms with van der Waals surface area (Å²) in [4.78, 5) is 1.59. The third-order valence-electron chi connectivity index (χ3n) is 1.96. The average molecular weight is 288 g/mol. The maximum atomic E-state index is 5.83. The lowest BCUT2D eigenvalue weighted by atomic mass is 10.1. The monoisotopic (exact) mass is 286 g/mol. The second-order valence-electron chi connectivity index (χ2n) is 2.93. The van der Waals surface area contributed by atoms with Crippen LogP contribution >= 0.6 is 38.9 Å². The van der Waals surface area contributed by atoms with Crippen molar-refractivity contribution in [2.75, 3.05) is 0 Å². The van der Waals surface area contributed by atoms with Crippen LogP contribution in [0, 0.1) is 0 Å². The molecule has 0 saturated heterocycles. The highest BCUT2D eigenvalue weighted by Gasteiger charge is 2.10. The molecule has 0 fully saturated rings. The molecule has 0 radical (unpaired) electrons. The first-order valence-electron chi connectivity index (χ1n) is 4.20. The van der Waals surface area contributed by atoms with Gasteiger partial charge in [-0.25, -0.2) is 0 Å². The lowest BCUT2D eigenvalue weighted by Crippen LogP contribution is -1.88. The second kappa shape index (κ2) is 4.47. The van der Waals surface area contributed by atoms with Gasteiger partial charge in [-0.05, 0) is 29.1 Å². The van der Waals surface area contributed by atoms with E-state index in [0.717, 1.165) is 5.02 Å². The Balaban J connectivity index is 2.28. The van der Waals surface area contributed by atoms with E-state index in [4.69, 9.17) is 11.6 Å². The zero-order chi connectivity index (χ0) is 9.97. The van der Waals surface area contributed by atoms with Gasteiger partial charge in [-0.2, -0.15) is 0 Å². The molecule has 0 aliphatic rings. The van der Waals surface area contributed by atoms with Gasteiger partial charge in [-0.1, -0.05) is 45.7 Å². The average Bonchev–Trinajstić information content (AvgIpc) is 2.71. The SMILES string of the molecule is Clc1ccc(C(Br)c2cccs2)cc1. The molecular formula is C11H8BrClS. The van der Waals surface area contributed by atoms with E-state index in [-0.39, 0.29) is 4.83 Å². The maximum absolute atomic E-state index is 5.83. The first kappa shape index (κ1) is 10.2. The molecule has 72 valence electrons. The molecule has 0 nitrogen and oxygen atoms in total. The van der Waals surface area contributed by atoms with E-state index < -0.39 is 0 Å². The Morgan fingerprint density at radius 1 is 1.14 bits per heavy atom. The zero-order valence-electron chi connectivity index (χ0n) is 7.28. The summed E-state index contributed by atoms with van der Waals surface area (Å²) < 4.78 is 0. The number of hydrogen-bond donors (Lipinski definition) is 0. The smallest absolute Gasteiger partial charge is 0.0738 e. The van der Waals surface area contributed by atoms with Crippen LogP contribution in [-0.4, -0.2) is 0 Å². The highest BCUT2D eigenvalue weighted by Crippen LogP contribution is 2.33. The van der Waals surface area contributed by atoms with E-state index >= 15 is 0 Å². The van der Waals surface area contributed by atoms with Gasteiger partial charge in [0.25, 0.3) is 0 Å². The molecule has 1 aromatic carbocycles. The van der Waals surface area contributed by atoms with E-state index in [9.17, 15) is 0 Å². The molecule has 0 aliphatic carbocycles. The number of benzene rings is 1. The van der Waals surface area contributed by atoms with E-state index in [1.807, 2.05) is 24.3 Å². The molecular weight excluding hydrogens is 280 g/mol. The summed E-state index contributed by atoms with van der Waals surface area (Å²) in [5.41, 5.74) is 1.23. The molecule has 1 heterocycles. The van der Waals surface area contributed by atoms with Gasteiger partial charge >= 0.3 is 0 Å². The van der Waals surface area contributed by atoms with Crippen LogP contribution in [0.1, 0.15) is 15.3 Å². The van der Waals surface area contributed by atoms with E-state index in [1.165, 1.54) is 10.4 Å². The number of thiophene rings is 1. The molecule has 2 rings (SSSR count). The third kappa shape index (κ3) is 2.19. The van der Waals surface area contributed by atoms with Crippen molar-refractivity contribution in [1.82, 2.24) is 0 Å². The zero-order valence-corrected chi connectivity index (χ0v) is 10.4. The summed E-state index contributed by atoms with van der Waals surface area (Å²) in [5, 5.41) is 2.86. The molecule has 0 saturated carbocycles. The topological polar surface area (TPSA) is 0 Å². The van der Waals surface area contributed by atoms with Crippen molar-refractivity contribution in [1.29, 1.82) is 0 Å². The Morgan fingerprint density at radius 3 is 2.43 bits per heavy atom. The predicted molar refractivity (Wildman–Crippen MR) is 66.5 cm³/mol. The summed E-state index contributed by atoms with van der Waals surface area (Å²) in [6.45, 7) is 0. The molecule has 0 aliphatic heterocycles. The highest BCUT2D eigenvalue weighted by molar-refractivity contribution is 9.09. The minimum Gasteiger partial charge on any atom is -0.147 e. The van der Waals surface area contributed by atoms with Crippen LogP contribution in [-0.2, 0) is 0 Å². The summed E-state index contributed by atoms with van der Waals surface area (Å²) in [6, 6.07) is 12.1. The van der Waals surface area contributed by atoms with Crippen LogP contribution in [0.4, 0.5) is 0 Å². The third-order valence-corrected chi connectivity index (χ3v) is 4.47. The van der Waals surface area contributed by atoms with Crippen molar-refractivity contribution in [2.24, 2.45) is 0 Å². The molecule has 1 unspecified atom stereocenters. The van der Waals surface area contributed by atoms with Crippen LogP contribution in [0.2, 0.25) is 5.02 Å². The summed E-state index contributed by atoms with van der Waals surface area (Å²) >= 11 is 11.2. The molecule has 3 heteroatoms. The van der Waals surface area contributed by atoms with Crippen LogP contribution in [0.5, 0.6) is 0 Å². The largest absolute Gasteiger partial charge is 0.147 e. The minimum absolute atomic E-state index is 0.278. The first-order chi connectivity index (χ1) is 6.77. The van der Waals surface area contributed by atoms with Crippen LogP contribution < -0.4 is 0 Å². The first-order valence-corrected chi connectivity index (χ1v) is 6.37. The molecule has 1 atom stereocenters. The molecule has 0 N–H and O–H groups in total. The Morgan fingerprint density at radius 2 is 1.86 bits per heavy atom. The van der Waals surface area contributed by atoms with E-state index in [2.05, 4.69) is 33.4 Å². The lowest BCUT2D eigenvalue weighted by molar-refractivity contribution is 1.23. The molecule has 0 spiro atoms. The van der Waals surface area contributed by atoms with Crippen LogP contribution in [0.25, 0.3) is 0 Å². The van der Waals surface area contributed by atoms with Crippen LogP contribution in [0.15, 0.2) is 41.8 Å². The molecule has 0 bridgehead atoms. The number of hydrogen-bond acceptors (Lipinski definition) is 1. The quantitative estimate of drug-likeness (QED) is 0.690. The number of halogens is 2. The lowest BCUT2D eigenvalue weighted by Gasteiger charge is -2.07. The summed E-state index contributed by atoms with van der Waals surface area (Å²) in [7, 11) is 0. The normalized spacial score (nSPS) is 12.7. The molecule has 14 heavy (non-hydrogen) atoms. The molecule has 0 amide bonds. The summed E-state index contributed by atoms with van der Waals surface area (Å²) in [6.07, 6.45) is 0. The Hall–Kier alpha value is -0.310. The van der Waals surface area contributed by atoms with Gasteiger partial charge in [0.2, 0.25) is 0 Å². The fourth-order valence-corrected chi connectivity index (χ4v) is 2.87. The Bertz CT molecular complexity index is 394. The van der Waals surface area contributed by atoms with Gasteiger partial charge < -0.3 is 0 Å². The second-order valence-corrected chi connectivity index (χ2v) is 5.26. The summed E-state index contributed by atoms with van der Waals surface area (Å²) in [5.74, 6) is 0. The van der Waals surface area contributed by atoms with Crippen molar-refractivity contribution in [3.8, 4) is 0 Å². The van der Waals surface area contributed by atoms with Crippen molar-refractivity contribution in [3.05, 3.63) is 57.2 Å². The fourth-order valence-electron chi connectivity index (χ4n) is 1.23. The molecule has 1 aromatic heterocycles. The predicted octanol–water partition coefficient (Wildman–Crippen LogP) is 4.89. The van der Waals surface area contributed by atoms with E-state index in [1.54, 1.807) is 11.3 Å². The van der Waals surface area contributed by atoms with Gasteiger partial charge in [0.15, 0.2) is 0 Å². The highest BCUT2D eigenvalue weighted by atomic mass is 79.9. The van der Waals surface area contributed by atoms with Crippen molar-refractivity contribution >= 4 is 38.9 Å². The molecule has 2 aromatic rings. The van der Waals surface area contributed by atoms with Crippen molar-refractivity contribution in [3.63, 3.8) is 0 Å². The van der Waals surface area contributed by atoms with Gasteiger partial charge in [0, 0.05) is 9.90 Å². The number of alkyl halides is 1.